The maximum absolute atomic E-state index is 12.8. The van der Waals surface area contributed by atoms with Crippen molar-refractivity contribution >= 4 is 11.6 Å². The van der Waals surface area contributed by atoms with Crippen LogP contribution in [-0.4, -0.2) is 36.9 Å². The van der Waals surface area contributed by atoms with Crippen LogP contribution in [0.15, 0.2) is 29.6 Å². The van der Waals surface area contributed by atoms with Crippen LogP contribution in [0.3, 0.4) is 0 Å². The van der Waals surface area contributed by atoms with Gasteiger partial charge in [0, 0.05) is 17.7 Å². The Balaban J connectivity index is 1.97. The molecule has 1 aliphatic heterocycles. The number of nitrogens with zero attached hydrogens (tertiary/aromatic N) is 3. The third-order valence-electron chi connectivity index (χ3n) is 5.16. The summed E-state index contributed by atoms with van der Waals surface area (Å²) in [7, 11) is 4.64. The summed E-state index contributed by atoms with van der Waals surface area (Å²) in [5.74, 6) is 2.14. The van der Waals surface area contributed by atoms with Crippen molar-refractivity contribution in [1.29, 1.82) is 5.26 Å². The molecular formula is C20H20N4O4. The number of hydrogen-bond donors (Lipinski definition) is 1. The molecule has 144 valence electrons. The number of allylic oxidation sites excluding steroid dienone is 2. The summed E-state index contributed by atoms with van der Waals surface area (Å²) >= 11 is 0. The van der Waals surface area contributed by atoms with E-state index >= 15 is 0 Å². The SMILES string of the molecule is COc1cc(C2C3=C(CCCC3=O)Nc3c(C#N)cnn32)cc(OC)c1OC. The molecular weight excluding hydrogens is 360 g/mol. The van der Waals surface area contributed by atoms with Crippen LogP contribution < -0.4 is 19.5 Å². The lowest BCUT2D eigenvalue weighted by Crippen LogP contribution is -2.31. The van der Waals surface area contributed by atoms with Crippen LogP contribution in [-0.2, 0) is 4.79 Å². The van der Waals surface area contributed by atoms with Gasteiger partial charge in [0.05, 0.1) is 27.5 Å². The van der Waals surface area contributed by atoms with Crippen LogP contribution in [0.2, 0.25) is 0 Å². The summed E-state index contributed by atoms with van der Waals surface area (Å²) in [6.45, 7) is 0. The topological polar surface area (TPSA) is 98.4 Å². The quantitative estimate of drug-likeness (QED) is 0.871. The fourth-order valence-electron chi connectivity index (χ4n) is 3.91. The fraction of sp³-hybridized carbons (Fsp3) is 0.350. The number of aromatic nitrogens is 2. The largest absolute Gasteiger partial charge is 0.493 e. The summed E-state index contributed by atoms with van der Waals surface area (Å²) in [4.78, 5) is 12.8. The highest BCUT2D eigenvalue weighted by molar-refractivity contribution is 5.99. The van der Waals surface area contributed by atoms with Crippen molar-refractivity contribution in [2.24, 2.45) is 0 Å². The molecule has 8 nitrogen and oxygen atoms in total. The average molecular weight is 380 g/mol. The second-order valence-electron chi connectivity index (χ2n) is 6.62. The lowest BCUT2D eigenvalue weighted by atomic mass is 9.85. The Labute approximate surface area is 162 Å². The van der Waals surface area contributed by atoms with Crippen molar-refractivity contribution in [1.82, 2.24) is 9.78 Å². The molecule has 1 unspecified atom stereocenters. The number of benzene rings is 1. The zero-order chi connectivity index (χ0) is 19.8. The molecule has 2 aliphatic rings. The van der Waals surface area contributed by atoms with Gasteiger partial charge in [0.1, 0.15) is 23.5 Å². The average Bonchev–Trinajstić information content (AvgIpc) is 3.13. The Morgan fingerprint density at radius 3 is 2.50 bits per heavy atom. The number of fused-ring (bicyclic) bond motifs is 1. The zero-order valence-electron chi connectivity index (χ0n) is 15.9. The molecule has 0 spiro atoms. The first-order chi connectivity index (χ1) is 13.6. The lowest BCUT2D eigenvalue weighted by Gasteiger charge is -2.33. The summed E-state index contributed by atoms with van der Waals surface area (Å²) < 4.78 is 18.1. The van der Waals surface area contributed by atoms with Crippen LogP contribution in [0.4, 0.5) is 5.82 Å². The molecule has 2 heterocycles. The van der Waals surface area contributed by atoms with Gasteiger partial charge < -0.3 is 19.5 Å². The number of methoxy groups -OCH3 is 3. The van der Waals surface area contributed by atoms with E-state index in [0.717, 1.165) is 24.1 Å². The first-order valence-corrected chi connectivity index (χ1v) is 8.93. The standard InChI is InChI=1S/C20H20N4O4/c1-26-15-7-11(8-16(27-2)19(15)28-3)18-17-13(5-4-6-14(17)25)23-20-12(9-21)10-22-24(18)20/h7-8,10,18,23H,4-6H2,1-3H3. The number of Topliss-reactive ketones (excluding diaryl/α,β-unsaturated/α-hetero) is 1. The predicted molar refractivity (Wildman–Crippen MR) is 101 cm³/mol. The van der Waals surface area contributed by atoms with E-state index in [4.69, 9.17) is 14.2 Å². The highest BCUT2D eigenvalue weighted by Crippen LogP contribution is 2.46. The highest BCUT2D eigenvalue weighted by atomic mass is 16.5. The monoisotopic (exact) mass is 380 g/mol. The number of ether oxygens (including phenoxy) is 3. The molecule has 1 aromatic heterocycles. The number of carbonyl (C=O) groups excluding carboxylic acids is 1. The van der Waals surface area contributed by atoms with E-state index in [0.29, 0.717) is 40.6 Å². The number of carbonyl (C=O) groups is 1. The molecule has 0 radical (unpaired) electrons. The van der Waals surface area contributed by atoms with Crippen molar-refractivity contribution in [3.63, 3.8) is 0 Å². The van der Waals surface area contributed by atoms with E-state index in [-0.39, 0.29) is 5.78 Å². The number of anilines is 1. The number of ketones is 1. The zero-order valence-corrected chi connectivity index (χ0v) is 15.9. The molecule has 0 fully saturated rings. The third-order valence-corrected chi connectivity index (χ3v) is 5.16. The van der Waals surface area contributed by atoms with E-state index < -0.39 is 6.04 Å². The number of nitriles is 1. The first kappa shape index (κ1) is 17.9. The lowest BCUT2D eigenvalue weighted by molar-refractivity contribution is -0.116. The minimum Gasteiger partial charge on any atom is -0.493 e. The summed E-state index contributed by atoms with van der Waals surface area (Å²) in [6.07, 6.45) is 3.53. The van der Waals surface area contributed by atoms with Crippen LogP contribution in [0.5, 0.6) is 17.2 Å². The molecule has 1 N–H and O–H groups in total. The second-order valence-corrected chi connectivity index (χ2v) is 6.62. The maximum Gasteiger partial charge on any atom is 0.203 e. The minimum absolute atomic E-state index is 0.0761. The Bertz CT molecular complexity index is 1010. The van der Waals surface area contributed by atoms with Crippen molar-refractivity contribution in [3.05, 3.63) is 40.7 Å². The van der Waals surface area contributed by atoms with Gasteiger partial charge in [-0.1, -0.05) is 0 Å². The van der Waals surface area contributed by atoms with Crippen molar-refractivity contribution in [3.8, 4) is 23.3 Å². The van der Waals surface area contributed by atoms with Crippen molar-refractivity contribution < 1.29 is 19.0 Å². The molecule has 8 heteroatoms. The van der Waals surface area contributed by atoms with E-state index in [1.165, 1.54) is 6.20 Å². The van der Waals surface area contributed by atoms with Gasteiger partial charge in [-0.3, -0.25) is 4.79 Å². The molecule has 1 atom stereocenters. The maximum atomic E-state index is 12.8. The molecule has 1 aliphatic carbocycles. The normalized spacial score (nSPS) is 17.9. The van der Waals surface area contributed by atoms with Gasteiger partial charge in [0.25, 0.3) is 0 Å². The van der Waals surface area contributed by atoms with Crippen molar-refractivity contribution in [2.75, 3.05) is 26.6 Å². The van der Waals surface area contributed by atoms with E-state index in [1.54, 1.807) is 26.0 Å². The van der Waals surface area contributed by atoms with Crippen molar-refractivity contribution in [2.45, 2.75) is 25.3 Å². The Morgan fingerprint density at radius 1 is 1.18 bits per heavy atom. The van der Waals surface area contributed by atoms with Gasteiger partial charge in [0.15, 0.2) is 17.3 Å². The summed E-state index contributed by atoms with van der Waals surface area (Å²) in [5, 5.41) is 17.1. The number of rotatable bonds is 4. The molecule has 0 saturated carbocycles. The third kappa shape index (κ3) is 2.59. The summed E-state index contributed by atoms with van der Waals surface area (Å²) in [6, 6.07) is 5.32. The fourth-order valence-corrected chi connectivity index (χ4v) is 3.91. The predicted octanol–water partition coefficient (Wildman–Crippen LogP) is 2.80. The van der Waals surface area contributed by atoms with Gasteiger partial charge in [0.2, 0.25) is 5.75 Å². The smallest absolute Gasteiger partial charge is 0.203 e. The van der Waals surface area contributed by atoms with Gasteiger partial charge >= 0.3 is 0 Å². The Hall–Kier alpha value is -3.47. The molecule has 0 amide bonds. The second kappa shape index (κ2) is 6.93. The molecule has 4 rings (SSSR count). The van der Waals surface area contributed by atoms with E-state index in [2.05, 4.69) is 16.5 Å². The number of hydrogen-bond acceptors (Lipinski definition) is 7. The van der Waals surface area contributed by atoms with Gasteiger partial charge in [-0.25, -0.2) is 4.68 Å². The van der Waals surface area contributed by atoms with Crippen LogP contribution in [0.25, 0.3) is 0 Å². The minimum atomic E-state index is -0.477. The van der Waals surface area contributed by atoms with Gasteiger partial charge in [-0.2, -0.15) is 10.4 Å². The molecule has 0 saturated heterocycles. The van der Waals surface area contributed by atoms with Crippen LogP contribution >= 0.6 is 0 Å². The van der Waals surface area contributed by atoms with Crippen LogP contribution in [0.1, 0.15) is 36.4 Å². The number of nitrogens with one attached hydrogen (secondary N) is 1. The molecule has 2 aromatic rings. The Kier molecular flexibility index (Phi) is 4.43. The van der Waals surface area contributed by atoms with Gasteiger partial charge in [-0.05, 0) is 30.5 Å². The molecule has 0 bridgehead atoms. The van der Waals surface area contributed by atoms with E-state index in [1.807, 2.05) is 12.1 Å². The molecule has 1 aromatic carbocycles. The highest BCUT2D eigenvalue weighted by Gasteiger charge is 2.37. The van der Waals surface area contributed by atoms with Gasteiger partial charge in [-0.15, -0.1) is 0 Å². The molecule has 28 heavy (non-hydrogen) atoms. The summed E-state index contributed by atoms with van der Waals surface area (Å²) in [5.41, 5.74) is 2.72. The van der Waals surface area contributed by atoms with E-state index in [9.17, 15) is 10.1 Å². The Morgan fingerprint density at radius 2 is 1.89 bits per heavy atom. The first-order valence-electron chi connectivity index (χ1n) is 8.93. The van der Waals surface area contributed by atoms with Crippen LogP contribution in [0, 0.1) is 11.3 Å².